The molecule has 0 aromatic heterocycles. The summed E-state index contributed by atoms with van der Waals surface area (Å²) in [4.78, 5) is 11.3. The summed E-state index contributed by atoms with van der Waals surface area (Å²) in [7, 11) is 1.59. The van der Waals surface area contributed by atoms with Crippen LogP contribution in [0.25, 0.3) is 0 Å². The summed E-state index contributed by atoms with van der Waals surface area (Å²) in [5.74, 6) is 0.635. The van der Waals surface area contributed by atoms with Crippen molar-refractivity contribution in [2.24, 2.45) is 0 Å². The zero-order chi connectivity index (χ0) is 11.8. The standard InChI is InChI=1S/C12H14N2O2/c1-16-11-6-3-2-5-10(11)9-14-12(15)7-4-8-13/h2-3,5-6H,4,7,9H2,1H3,(H,14,15). The third-order valence-corrected chi connectivity index (χ3v) is 2.13. The van der Waals surface area contributed by atoms with Gasteiger partial charge < -0.3 is 10.1 Å². The largest absolute Gasteiger partial charge is 0.496 e. The van der Waals surface area contributed by atoms with Crippen molar-refractivity contribution in [1.29, 1.82) is 5.26 Å². The van der Waals surface area contributed by atoms with Crippen molar-refractivity contribution in [2.75, 3.05) is 7.11 Å². The predicted octanol–water partition coefficient (Wildman–Crippen LogP) is 1.62. The van der Waals surface area contributed by atoms with Crippen LogP contribution in [-0.2, 0) is 11.3 Å². The van der Waals surface area contributed by atoms with Gasteiger partial charge in [-0.3, -0.25) is 4.79 Å². The Bertz CT molecular complexity index is 396. The van der Waals surface area contributed by atoms with Crippen LogP contribution in [0.4, 0.5) is 0 Å². The second-order valence-corrected chi connectivity index (χ2v) is 3.25. The van der Waals surface area contributed by atoms with E-state index >= 15 is 0 Å². The molecular formula is C12H14N2O2. The summed E-state index contributed by atoms with van der Waals surface area (Å²) in [6.45, 7) is 0.425. The number of benzene rings is 1. The highest BCUT2D eigenvalue weighted by Crippen LogP contribution is 2.16. The van der Waals surface area contributed by atoms with Gasteiger partial charge in [0, 0.05) is 24.9 Å². The Morgan fingerprint density at radius 3 is 2.94 bits per heavy atom. The number of nitriles is 1. The highest BCUT2D eigenvalue weighted by Gasteiger charge is 2.04. The van der Waals surface area contributed by atoms with Gasteiger partial charge in [0.25, 0.3) is 0 Å². The number of para-hydroxylation sites is 1. The topological polar surface area (TPSA) is 62.1 Å². The van der Waals surface area contributed by atoms with E-state index in [0.29, 0.717) is 6.54 Å². The Balaban J connectivity index is 2.48. The number of hydrogen-bond acceptors (Lipinski definition) is 3. The number of amides is 1. The van der Waals surface area contributed by atoms with E-state index in [1.165, 1.54) is 0 Å². The number of methoxy groups -OCH3 is 1. The van der Waals surface area contributed by atoms with Crippen LogP contribution in [0.3, 0.4) is 0 Å². The quantitative estimate of drug-likeness (QED) is 0.816. The van der Waals surface area contributed by atoms with Gasteiger partial charge in [-0.05, 0) is 6.07 Å². The minimum absolute atomic E-state index is 0.118. The van der Waals surface area contributed by atoms with Gasteiger partial charge in [-0.2, -0.15) is 5.26 Å². The van der Waals surface area contributed by atoms with Crippen molar-refractivity contribution in [3.63, 3.8) is 0 Å². The van der Waals surface area contributed by atoms with Crippen LogP contribution in [0.1, 0.15) is 18.4 Å². The Kier molecular flexibility index (Phi) is 4.87. The van der Waals surface area contributed by atoms with E-state index in [4.69, 9.17) is 10.00 Å². The van der Waals surface area contributed by atoms with Crippen LogP contribution >= 0.6 is 0 Å². The highest BCUT2D eigenvalue weighted by atomic mass is 16.5. The summed E-state index contributed by atoms with van der Waals surface area (Å²) in [6, 6.07) is 9.43. The lowest BCUT2D eigenvalue weighted by atomic mass is 10.2. The zero-order valence-electron chi connectivity index (χ0n) is 9.19. The first-order chi connectivity index (χ1) is 7.77. The van der Waals surface area contributed by atoms with Crippen LogP contribution in [0, 0.1) is 11.3 Å². The monoisotopic (exact) mass is 218 g/mol. The van der Waals surface area contributed by atoms with Crippen LogP contribution in [0.15, 0.2) is 24.3 Å². The Hall–Kier alpha value is -2.02. The summed E-state index contributed by atoms with van der Waals surface area (Å²) < 4.78 is 5.16. The van der Waals surface area contributed by atoms with E-state index in [9.17, 15) is 4.79 Å². The fourth-order valence-electron chi connectivity index (χ4n) is 1.30. The SMILES string of the molecule is COc1ccccc1CNC(=O)CCC#N. The molecule has 1 rings (SSSR count). The molecule has 84 valence electrons. The molecule has 0 aliphatic rings. The number of carbonyl (C=O) groups is 1. The molecule has 1 amide bonds. The van der Waals surface area contributed by atoms with Crippen LogP contribution in [0.2, 0.25) is 0 Å². The molecule has 0 saturated heterocycles. The van der Waals surface area contributed by atoms with Crippen molar-refractivity contribution >= 4 is 5.91 Å². The number of ether oxygens (including phenoxy) is 1. The van der Waals surface area contributed by atoms with Crippen LogP contribution < -0.4 is 10.1 Å². The number of nitrogens with one attached hydrogen (secondary N) is 1. The van der Waals surface area contributed by atoms with Gasteiger partial charge in [0.15, 0.2) is 0 Å². The summed E-state index contributed by atoms with van der Waals surface area (Å²) in [5.41, 5.74) is 0.926. The Morgan fingerprint density at radius 1 is 1.50 bits per heavy atom. The second-order valence-electron chi connectivity index (χ2n) is 3.25. The molecule has 1 aromatic rings. The zero-order valence-corrected chi connectivity index (χ0v) is 9.19. The average Bonchev–Trinajstić information content (AvgIpc) is 2.34. The van der Waals surface area contributed by atoms with Crippen molar-refractivity contribution in [3.8, 4) is 11.8 Å². The molecular weight excluding hydrogens is 204 g/mol. The minimum Gasteiger partial charge on any atom is -0.496 e. The molecule has 1 aromatic carbocycles. The molecule has 16 heavy (non-hydrogen) atoms. The van der Waals surface area contributed by atoms with E-state index in [1.807, 2.05) is 30.3 Å². The molecule has 0 unspecified atom stereocenters. The highest BCUT2D eigenvalue weighted by molar-refractivity contribution is 5.76. The average molecular weight is 218 g/mol. The van der Waals surface area contributed by atoms with Gasteiger partial charge in [0.2, 0.25) is 5.91 Å². The van der Waals surface area contributed by atoms with Gasteiger partial charge in [0.1, 0.15) is 5.75 Å². The lowest BCUT2D eigenvalue weighted by Gasteiger charge is -2.08. The van der Waals surface area contributed by atoms with Crippen molar-refractivity contribution in [2.45, 2.75) is 19.4 Å². The summed E-state index contributed by atoms with van der Waals surface area (Å²) in [6.07, 6.45) is 0.489. The van der Waals surface area contributed by atoms with Gasteiger partial charge in [-0.25, -0.2) is 0 Å². The number of carbonyl (C=O) groups excluding carboxylic acids is 1. The fraction of sp³-hybridized carbons (Fsp3) is 0.333. The third kappa shape index (κ3) is 3.62. The molecule has 0 radical (unpaired) electrons. The molecule has 0 atom stereocenters. The first-order valence-electron chi connectivity index (χ1n) is 5.03. The van der Waals surface area contributed by atoms with E-state index in [-0.39, 0.29) is 18.7 Å². The fourth-order valence-corrected chi connectivity index (χ4v) is 1.30. The smallest absolute Gasteiger partial charge is 0.221 e. The van der Waals surface area contributed by atoms with Gasteiger partial charge in [-0.1, -0.05) is 18.2 Å². The predicted molar refractivity (Wildman–Crippen MR) is 59.7 cm³/mol. The Labute approximate surface area is 94.8 Å². The Morgan fingerprint density at radius 2 is 2.25 bits per heavy atom. The molecule has 4 nitrogen and oxygen atoms in total. The molecule has 0 spiro atoms. The number of nitrogens with zero attached hydrogens (tertiary/aromatic N) is 1. The van der Waals surface area contributed by atoms with E-state index in [1.54, 1.807) is 7.11 Å². The summed E-state index contributed by atoms with van der Waals surface area (Å²) >= 11 is 0. The summed E-state index contributed by atoms with van der Waals surface area (Å²) in [5, 5.41) is 11.1. The molecule has 0 saturated carbocycles. The van der Waals surface area contributed by atoms with E-state index < -0.39 is 0 Å². The van der Waals surface area contributed by atoms with Crippen molar-refractivity contribution in [3.05, 3.63) is 29.8 Å². The van der Waals surface area contributed by atoms with Crippen LogP contribution in [0.5, 0.6) is 5.75 Å². The second kappa shape index (κ2) is 6.46. The van der Waals surface area contributed by atoms with Gasteiger partial charge in [-0.15, -0.1) is 0 Å². The normalized spacial score (nSPS) is 9.25. The van der Waals surface area contributed by atoms with Crippen molar-refractivity contribution in [1.82, 2.24) is 5.32 Å². The number of hydrogen-bond donors (Lipinski definition) is 1. The maximum absolute atomic E-state index is 11.3. The molecule has 0 aliphatic carbocycles. The molecule has 0 fully saturated rings. The van der Waals surface area contributed by atoms with Crippen molar-refractivity contribution < 1.29 is 9.53 Å². The van der Waals surface area contributed by atoms with Crippen LogP contribution in [-0.4, -0.2) is 13.0 Å². The first-order valence-corrected chi connectivity index (χ1v) is 5.03. The maximum atomic E-state index is 11.3. The van der Waals surface area contributed by atoms with Gasteiger partial charge >= 0.3 is 0 Å². The lowest BCUT2D eigenvalue weighted by molar-refractivity contribution is -0.121. The van der Waals surface area contributed by atoms with E-state index in [0.717, 1.165) is 11.3 Å². The van der Waals surface area contributed by atoms with Gasteiger partial charge in [0.05, 0.1) is 13.2 Å². The number of rotatable bonds is 5. The lowest BCUT2D eigenvalue weighted by Crippen LogP contribution is -2.22. The molecule has 0 aliphatic heterocycles. The van der Waals surface area contributed by atoms with E-state index in [2.05, 4.69) is 5.32 Å². The maximum Gasteiger partial charge on any atom is 0.221 e. The minimum atomic E-state index is -0.118. The molecule has 0 heterocycles. The third-order valence-electron chi connectivity index (χ3n) is 2.13. The molecule has 1 N–H and O–H groups in total. The molecule has 4 heteroatoms. The first kappa shape index (κ1) is 12.1. The molecule has 0 bridgehead atoms.